The number of hydrogen-bond acceptors (Lipinski definition) is 5. The van der Waals surface area contributed by atoms with Gasteiger partial charge in [-0.05, 0) is 74.3 Å². The summed E-state index contributed by atoms with van der Waals surface area (Å²) in [5.74, 6) is 0.252. The average molecular weight is 353 g/mol. The van der Waals surface area contributed by atoms with E-state index in [0.717, 1.165) is 37.8 Å². The van der Waals surface area contributed by atoms with Crippen LogP contribution in [0.4, 0.5) is 5.82 Å². The van der Waals surface area contributed by atoms with Gasteiger partial charge in [-0.1, -0.05) is 6.07 Å². The highest BCUT2D eigenvalue weighted by Crippen LogP contribution is 2.26. The number of rotatable bonds is 3. The summed E-state index contributed by atoms with van der Waals surface area (Å²) in [7, 11) is 0. The van der Waals surface area contributed by atoms with Gasteiger partial charge < -0.3 is 16.8 Å². The van der Waals surface area contributed by atoms with Crippen molar-refractivity contribution >= 4 is 5.82 Å². The van der Waals surface area contributed by atoms with Gasteiger partial charge >= 0.3 is 5.69 Å². The quantitative estimate of drug-likeness (QED) is 0.777. The molecule has 1 saturated carbocycles. The molecular formula is C20H27N5O. The fourth-order valence-electron chi connectivity index (χ4n) is 4.27. The second-order valence-electron chi connectivity index (χ2n) is 7.68. The van der Waals surface area contributed by atoms with E-state index in [9.17, 15) is 4.79 Å². The Bertz CT molecular complexity index is 838. The maximum Gasteiger partial charge on any atom is 0.354 e. The number of aromatic nitrogens is 2. The molecule has 1 heterocycles. The normalized spacial score (nSPS) is 25.7. The summed E-state index contributed by atoms with van der Waals surface area (Å²) in [6.07, 6.45) is 9.55. The summed E-state index contributed by atoms with van der Waals surface area (Å²) < 4.78 is 1.55. The van der Waals surface area contributed by atoms with E-state index in [1.165, 1.54) is 24.0 Å². The molecule has 6 nitrogen and oxygen atoms in total. The Morgan fingerprint density at radius 2 is 1.85 bits per heavy atom. The molecule has 1 aromatic heterocycles. The van der Waals surface area contributed by atoms with Gasteiger partial charge in [0.05, 0.1) is 5.69 Å². The van der Waals surface area contributed by atoms with Gasteiger partial charge in [-0.15, -0.1) is 0 Å². The van der Waals surface area contributed by atoms with E-state index < -0.39 is 0 Å². The van der Waals surface area contributed by atoms with Crippen molar-refractivity contribution in [1.82, 2.24) is 14.9 Å². The zero-order valence-electron chi connectivity index (χ0n) is 15.0. The number of fused-ring (bicyclic) bond motifs is 1. The van der Waals surface area contributed by atoms with Crippen LogP contribution in [0.25, 0.3) is 5.69 Å². The van der Waals surface area contributed by atoms with Crippen LogP contribution in [-0.2, 0) is 12.8 Å². The van der Waals surface area contributed by atoms with Crippen molar-refractivity contribution in [2.24, 2.45) is 5.73 Å². The fourth-order valence-corrected chi connectivity index (χ4v) is 4.27. The molecule has 138 valence electrons. The van der Waals surface area contributed by atoms with Gasteiger partial charge in [-0.25, -0.2) is 4.79 Å². The molecule has 2 aliphatic rings. The molecule has 0 aliphatic heterocycles. The van der Waals surface area contributed by atoms with E-state index in [1.807, 2.05) is 6.07 Å². The van der Waals surface area contributed by atoms with Crippen molar-refractivity contribution in [3.8, 4) is 5.69 Å². The SMILES string of the molecule is Nc1ccn(-c2ccc3c(c2)CCC(N[C@H]2CC[C@@H](N)CC2)C3)c(=O)n1. The van der Waals surface area contributed by atoms with Gasteiger partial charge in [-0.2, -0.15) is 4.98 Å². The highest BCUT2D eigenvalue weighted by atomic mass is 16.1. The van der Waals surface area contributed by atoms with Crippen LogP contribution in [0, 0.1) is 0 Å². The number of nitrogens with zero attached hydrogens (tertiary/aromatic N) is 2. The van der Waals surface area contributed by atoms with E-state index in [4.69, 9.17) is 11.5 Å². The van der Waals surface area contributed by atoms with Gasteiger partial charge in [0.15, 0.2) is 0 Å². The zero-order valence-corrected chi connectivity index (χ0v) is 15.0. The molecule has 6 heteroatoms. The second kappa shape index (κ2) is 7.21. The molecule has 1 fully saturated rings. The third-order valence-corrected chi connectivity index (χ3v) is 5.76. The molecule has 1 atom stereocenters. The minimum atomic E-state index is -0.337. The van der Waals surface area contributed by atoms with E-state index >= 15 is 0 Å². The largest absolute Gasteiger partial charge is 0.383 e. The van der Waals surface area contributed by atoms with Gasteiger partial charge in [0.2, 0.25) is 0 Å². The van der Waals surface area contributed by atoms with Crippen molar-refractivity contribution in [3.05, 3.63) is 52.1 Å². The first-order valence-corrected chi connectivity index (χ1v) is 9.57. The van der Waals surface area contributed by atoms with Crippen LogP contribution in [0.2, 0.25) is 0 Å². The van der Waals surface area contributed by atoms with Crippen LogP contribution < -0.4 is 22.5 Å². The molecular weight excluding hydrogens is 326 g/mol. The van der Waals surface area contributed by atoms with Crippen LogP contribution in [0.1, 0.15) is 43.2 Å². The Labute approximate surface area is 153 Å². The van der Waals surface area contributed by atoms with Crippen molar-refractivity contribution in [2.45, 2.75) is 63.1 Å². The predicted octanol–water partition coefficient (Wildman–Crippen LogP) is 1.53. The molecule has 26 heavy (non-hydrogen) atoms. The Balaban J connectivity index is 1.46. The molecule has 0 saturated heterocycles. The minimum Gasteiger partial charge on any atom is -0.383 e. The number of nitrogens with one attached hydrogen (secondary N) is 1. The number of hydrogen-bond donors (Lipinski definition) is 3. The van der Waals surface area contributed by atoms with Crippen molar-refractivity contribution < 1.29 is 0 Å². The predicted molar refractivity (Wildman–Crippen MR) is 103 cm³/mol. The third kappa shape index (κ3) is 3.66. The molecule has 0 bridgehead atoms. The molecule has 2 aliphatic carbocycles. The number of nitrogen functional groups attached to an aromatic ring is 1. The lowest BCUT2D eigenvalue weighted by atomic mass is 9.85. The summed E-state index contributed by atoms with van der Waals surface area (Å²) in [4.78, 5) is 15.9. The number of anilines is 1. The van der Waals surface area contributed by atoms with Crippen molar-refractivity contribution in [1.29, 1.82) is 0 Å². The molecule has 0 amide bonds. The molecule has 4 rings (SSSR count). The monoisotopic (exact) mass is 353 g/mol. The topological polar surface area (TPSA) is 99.0 Å². The summed E-state index contributed by atoms with van der Waals surface area (Å²) in [6, 6.07) is 9.46. The smallest absolute Gasteiger partial charge is 0.354 e. The van der Waals surface area contributed by atoms with Crippen LogP contribution in [0.3, 0.4) is 0 Å². The lowest BCUT2D eigenvalue weighted by Gasteiger charge is -2.33. The van der Waals surface area contributed by atoms with Gasteiger partial charge in [0, 0.05) is 24.3 Å². The molecule has 5 N–H and O–H groups in total. The highest BCUT2D eigenvalue weighted by Gasteiger charge is 2.24. The molecule has 0 spiro atoms. The molecule has 0 radical (unpaired) electrons. The Kier molecular flexibility index (Phi) is 4.78. The molecule has 1 aromatic carbocycles. The summed E-state index contributed by atoms with van der Waals surface area (Å²) in [5, 5.41) is 3.85. The van der Waals surface area contributed by atoms with E-state index in [-0.39, 0.29) is 11.5 Å². The highest BCUT2D eigenvalue weighted by molar-refractivity contribution is 5.43. The molecule has 1 unspecified atom stereocenters. The Hall–Kier alpha value is -2.18. The standard InChI is InChI=1S/C20H27N5O/c21-15-3-6-16(7-4-15)23-17-5-1-14-12-18(8-2-13(14)11-17)25-10-9-19(22)24-20(25)26/h2,8-10,12,15-17,23H,1,3-7,11,21H2,(H2,22,24,26)/t15-,16+,17?. The first kappa shape index (κ1) is 17.2. The number of aryl methyl sites for hydroxylation is 1. The van der Waals surface area contributed by atoms with Crippen LogP contribution in [0.5, 0.6) is 0 Å². The van der Waals surface area contributed by atoms with E-state index in [0.29, 0.717) is 18.1 Å². The van der Waals surface area contributed by atoms with Crippen LogP contribution in [-0.4, -0.2) is 27.7 Å². The Morgan fingerprint density at radius 1 is 1.04 bits per heavy atom. The van der Waals surface area contributed by atoms with Crippen LogP contribution in [0.15, 0.2) is 35.3 Å². The summed E-state index contributed by atoms with van der Waals surface area (Å²) in [6.45, 7) is 0. The third-order valence-electron chi connectivity index (χ3n) is 5.76. The van der Waals surface area contributed by atoms with Crippen LogP contribution >= 0.6 is 0 Å². The average Bonchev–Trinajstić information content (AvgIpc) is 2.63. The maximum atomic E-state index is 12.1. The number of benzene rings is 1. The summed E-state index contributed by atoms with van der Waals surface area (Å²) >= 11 is 0. The minimum absolute atomic E-state index is 0.252. The first-order valence-electron chi connectivity index (χ1n) is 9.57. The lowest BCUT2D eigenvalue weighted by molar-refractivity contribution is 0.302. The molecule has 2 aromatic rings. The zero-order chi connectivity index (χ0) is 18.1. The number of nitrogens with two attached hydrogens (primary N) is 2. The van der Waals surface area contributed by atoms with E-state index in [1.54, 1.807) is 16.8 Å². The first-order chi connectivity index (χ1) is 12.6. The van der Waals surface area contributed by atoms with Crippen molar-refractivity contribution in [2.75, 3.05) is 5.73 Å². The summed E-state index contributed by atoms with van der Waals surface area (Å²) in [5.41, 5.74) is 14.8. The van der Waals surface area contributed by atoms with Gasteiger partial charge in [-0.3, -0.25) is 4.57 Å². The van der Waals surface area contributed by atoms with E-state index in [2.05, 4.69) is 22.4 Å². The van der Waals surface area contributed by atoms with Crippen molar-refractivity contribution in [3.63, 3.8) is 0 Å². The lowest BCUT2D eigenvalue weighted by Crippen LogP contribution is -2.44. The second-order valence-corrected chi connectivity index (χ2v) is 7.68. The fraction of sp³-hybridized carbons (Fsp3) is 0.500. The maximum absolute atomic E-state index is 12.1. The van der Waals surface area contributed by atoms with Gasteiger partial charge in [0.25, 0.3) is 0 Å². The Morgan fingerprint density at radius 3 is 2.62 bits per heavy atom. The van der Waals surface area contributed by atoms with Gasteiger partial charge in [0.1, 0.15) is 5.82 Å².